The summed E-state index contributed by atoms with van der Waals surface area (Å²) in [4.78, 5) is 0. The summed E-state index contributed by atoms with van der Waals surface area (Å²) in [6.45, 7) is 6.07. The van der Waals surface area contributed by atoms with Crippen molar-refractivity contribution in [3.63, 3.8) is 0 Å². The van der Waals surface area contributed by atoms with Crippen LogP contribution in [0, 0.1) is 11.3 Å². The van der Waals surface area contributed by atoms with E-state index in [1.54, 1.807) is 0 Å². The van der Waals surface area contributed by atoms with Crippen LogP contribution in [0.25, 0.3) is 0 Å². The molecule has 104 valence electrons. The van der Waals surface area contributed by atoms with Crippen LogP contribution in [0.3, 0.4) is 0 Å². The monoisotopic (exact) mass is 260 g/mol. The molecule has 3 rings (SSSR count). The van der Waals surface area contributed by atoms with Gasteiger partial charge in [0.1, 0.15) is 0 Å². The molecule has 1 aliphatic carbocycles. The Morgan fingerprint density at radius 1 is 1.11 bits per heavy atom. The number of ether oxygens (including phenoxy) is 2. The Bertz CT molecular complexity index is 418. The van der Waals surface area contributed by atoms with E-state index in [0.29, 0.717) is 0 Å². The minimum Gasteiger partial charge on any atom is -0.345 e. The van der Waals surface area contributed by atoms with Crippen molar-refractivity contribution in [2.45, 2.75) is 45.3 Å². The average molecular weight is 260 g/mol. The van der Waals surface area contributed by atoms with Gasteiger partial charge in [-0.05, 0) is 25.7 Å². The zero-order valence-electron chi connectivity index (χ0n) is 12.0. The van der Waals surface area contributed by atoms with E-state index >= 15 is 0 Å². The lowest BCUT2D eigenvalue weighted by molar-refractivity contribution is -0.309. The van der Waals surface area contributed by atoms with Crippen LogP contribution in [0.15, 0.2) is 30.3 Å². The lowest BCUT2D eigenvalue weighted by atomic mass is 9.70. The Morgan fingerprint density at radius 2 is 1.79 bits per heavy atom. The van der Waals surface area contributed by atoms with Crippen molar-refractivity contribution < 1.29 is 9.47 Å². The third-order valence-electron chi connectivity index (χ3n) is 4.79. The zero-order valence-corrected chi connectivity index (χ0v) is 12.0. The maximum Gasteiger partial charge on any atom is 0.191 e. The molecule has 1 spiro atoms. The van der Waals surface area contributed by atoms with Gasteiger partial charge >= 0.3 is 0 Å². The summed E-state index contributed by atoms with van der Waals surface area (Å²) in [5.41, 5.74) is 1.39. The van der Waals surface area contributed by atoms with E-state index < -0.39 is 5.79 Å². The third kappa shape index (κ3) is 2.56. The van der Waals surface area contributed by atoms with Gasteiger partial charge in [0, 0.05) is 11.0 Å². The largest absolute Gasteiger partial charge is 0.345 e. The number of rotatable bonds is 1. The first-order valence-electron chi connectivity index (χ1n) is 7.45. The molecule has 0 N–H and O–H groups in total. The molecule has 1 saturated carbocycles. The molecule has 0 unspecified atom stereocenters. The van der Waals surface area contributed by atoms with Crippen LogP contribution >= 0.6 is 0 Å². The normalized spacial score (nSPS) is 39.4. The second-order valence-electron chi connectivity index (χ2n) is 6.59. The molecule has 1 aromatic carbocycles. The molecule has 2 heteroatoms. The molecule has 1 aliphatic heterocycles. The highest BCUT2D eigenvalue weighted by Gasteiger charge is 2.44. The fourth-order valence-corrected chi connectivity index (χ4v) is 3.60. The molecule has 1 atom stereocenters. The van der Waals surface area contributed by atoms with E-state index in [4.69, 9.17) is 9.47 Å². The summed E-state index contributed by atoms with van der Waals surface area (Å²) in [6.07, 6.45) is 5.17. The molecule has 0 radical (unpaired) electrons. The summed E-state index contributed by atoms with van der Waals surface area (Å²) in [5.74, 6) is 0.245. The van der Waals surface area contributed by atoms with Crippen LogP contribution in [-0.4, -0.2) is 13.2 Å². The summed E-state index contributed by atoms with van der Waals surface area (Å²) >= 11 is 0. The standard InChI is InChI=1S/C17H24O2/c1-14-7-6-10-17(11-14)12-18-16(2,19-13-17)15-8-4-3-5-9-15/h3-5,8-9,14H,6-7,10-13H2,1-2H3/t14-,16?,17?/m1/s1. The van der Waals surface area contributed by atoms with Gasteiger partial charge in [-0.25, -0.2) is 0 Å². The maximum absolute atomic E-state index is 6.17. The van der Waals surface area contributed by atoms with Gasteiger partial charge in [-0.15, -0.1) is 0 Å². The SMILES string of the molecule is C[C@@H]1CCCC2(COC(C)(c3ccccc3)OC2)C1. The van der Waals surface area contributed by atoms with Crippen molar-refractivity contribution in [3.8, 4) is 0 Å². The third-order valence-corrected chi connectivity index (χ3v) is 4.79. The van der Waals surface area contributed by atoms with Crippen LogP contribution in [0.5, 0.6) is 0 Å². The smallest absolute Gasteiger partial charge is 0.191 e. The van der Waals surface area contributed by atoms with Gasteiger partial charge in [0.05, 0.1) is 13.2 Å². The van der Waals surface area contributed by atoms with E-state index in [-0.39, 0.29) is 5.41 Å². The minimum absolute atomic E-state index is 0.270. The predicted molar refractivity (Wildman–Crippen MR) is 75.8 cm³/mol. The average Bonchev–Trinajstić information content (AvgIpc) is 2.44. The minimum atomic E-state index is -0.562. The molecule has 2 nitrogen and oxygen atoms in total. The molecule has 2 aliphatic rings. The van der Waals surface area contributed by atoms with Crippen molar-refractivity contribution >= 4 is 0 Å². The first-order valence-corrected chi connectivity index (χ1v) is 7.45. The quantitative estimate of drug-likeness (QED) is 0.756. The van der Waals surface area contributed by atoms with E-state index in [1.807, 2.05) is 25.1 Å². The highest BCUT2D eigenvalue weighted by molar-refractivity contribution is 5.20. The highest BCUT2D eigenvalue weighted by Crippen LogP contribution is 2.45. The van der Waals surface area contributed by atoms with Crippen molar-refractivity contribution in [2.75, 3.05) is 13.2 Å². The lowest BCUT2D eigenvalue weighted by Crippen LogP contribution is -2.48. The van der Waals surface area contributed by atoms with Gasteiger partial charge in [0.15, 0.2) is 5.79 Å². The van der Waals surface area contributed by atoms with Crippen molar-refractivity contribution in [2.24, 2.45) is 11.3 Å². The fraction of sp³-hybridized carbons (Fsp3) is 0.647. The van der Waals surface area contributed by atoms with E-state index in [1.165, 1.54) is 25.7 Å². The van der Waals surface area contributed by atoms with Crippen LogP contribution in [0.1, 0.15) is 45.1 Å². The van der Waals surface area contributed by atoms with Crippen LogP contribution in [-0.2, 0) is 15.3 Å². The molecule has 19 heavy (non-hydrogen) atoms. The number of hydrogen-bond acceptors (Lipinski definition) is 2. The van der Waals surface area contributed by atoms with Crippen LogP contribution in [0.4, 0.5) is 0 Å². The molecule has 1 saturated heterocycles. The van der Waals surface area contributed by atoms with E-state index in [2.05, 4.69) is 19.1 Å². The van der Waals surface area contributed by atoms with Gasteiger partial charge in [-0.2, -0.15) is 0 Å². The Hall–Kier alpha value is -0.860. The summed E-state index contributed by atoms with van der Waals surface area (Å²) in [7, 11) is 0. The van der Waals surface area contributed by atoms with Gasteiger partial charge in [-0.1, -0.05) is 50.1 Å². The maximum atomic E-state index is 6.17. The lowest BCUT2D eigenvalue weighted by Gasteiger charge is -2.48. The van der Waals surface area contributed by atoms with Gasteiger partial charge in [-0.3, -0.25) is 0 Å². The zero-order chi connectivity index (χ0) is 13.3. The predicted octanol–water partition coefficient (Wildman–Crippen LogP) is 4.10. The summed E-state index contributed by atoms with van der Waals surface area (Å²) in [6, 6.07) is 10.3. The second kappa shape index (κ2) is 4.92. The summed E-state index contributed by atoms with van der Waals surface area (Å²) in [5, 5.41) is 0. The molecular weight excluding hydrogens is 236 g/mol. The first-order chi connectivity index (χ1) is 9.12. The number of benzene rings is 1. The Kier molecular flexibility index (Phi) is 3.40. The van der Waals surface area contributed by atoms with Crippen LogP contribution in [0.2, 0.25) is 0 Å². The Balaban J connectivity index is 1.72. The Labute approximate surface area is 116 Å². The van der Waals surface area contributed by atoms with Gasteiger partial charge in [0.2, 0.25) is 0 Å². The van der Waals surface area contributed by atoms with Gasteiger partial charge < -0.3 is 9.47 Å². The van der Waals surface area contributed by atoms with Gasteiger partial charge in [0.25, 0.3) is 0 Å². The number of hydrogen-bond donors (Lipinski definition) is 0. The van der Waals surface area contributed by atoms with Crippen molar-refractivity contribution in [3.05, 3.63) is 35.9 Å². The molecule has 0 amide bonds. The molecular formula is C17H24O2. The van der Waals surface area contributed by atoms with E-state index in [9.17, 15) is 0 Å². The molecule has 1 aromatic rings. The highest BCUT2D eigenvalue weighted by atomic mass is 16.7. The molecule has 0 aromatic heterocycles. The fourth-order valence-electron chi connectivity index (χ4n) is 3.60. The van der Waals surface area contributed by atoms with Crippen molar-refractivity contribution in [1.82, 2.24) is 0 Å². The van der Waals surface area contributed by atoms with E-state index in [0.717, 1.165) is 24.7 Å². The van der Waals surface area contributed by atoms with Crippen molar-refractivity contribution in [1.29, 1.82) is 0 Å². The van der Waals surface area contributed by atoms with Crippen LogP contribution < -0.4 is 0 Å². The first kappa shape index (κ1) is 13.1. The topological polar surface area (TPSA) is 18.5 Å². The second-order valence-corrected chi connectivity index (χ2v) is 6.59. The molecule has 0 bridgehead atoms. The molecule has 1 heterocycles. The molecule has 2 fully saturated rings. The summed E-state index contributed by atoms with van der Waals surface area (Å²) < 4.78 is 12.3. The Morgan fingerprint density at radius 3 is 2.42 bits per heavy atom.